The third-order valence-corrected chi connectivity index (χ3v) is 2.32. The van der Waals surface area contributed by atoms with Crippen LogP contribution in [0.3, 0.4) is 0 Å². The Balaban J connectivity index is 2.56. The number of benzene rings is 1. The number of carbonyl (C=O) groups excluding carboxylic acids is 1. The lowest BCUT2D eigenvalue weighted by Gasteiger charge is -2.11. The van der Waals surface area contributed by atoms with Crippen molar-refractivity contribution in [2.75, 3.05) is 5.32 Å². The van der Waals surface area contributed by atoms with E-state index in [0.29, 0.717) is 5.11 Å². The molecule has 0 bridgehead atoms. The van der Waals surface area contributed by atoms with Gasteiger partial charge in [0, 0.05) is 12.6 Å². The number of hydrogen-bond donors (Lipinski definition) is 3. The van der Waals surface area contributed by atoms with Crippen LogP contribution in [-0.4, -0.2) is 11.0 Å². The molecule has 3 N–H and O–H groups in total. The van der Waals surface area contributed by atoms with Gasteiger partial charge in [-0.1, -0.05) is 6.07 Å². The fourth-order valence-electron chi connectivity index (χ4n) is 1.13. The predicted molar refractivity (Wildman–Crippen MR) is 69.1 cm³/mol. The van der Waals surface area contributed by atoms with Gasteiger partial charge in [-0.15, -0.1) is 0 Å². The average molecular weight is 237 g/mol. The minimum absolute atomic E-state index is 0.191. The van der Waals surface area contributed by atoms with E-state index in [1.165, 1.54) is 18.1 Å². The zero-order valence-corrected chi connectivity index (χ0v) is 10.4. The van der Waals surface area contributed by atoms with Gasteiger partial charge in [-0.25, -0.2) is 0 Å². The Morgan fingerprint density at radius 1 is 1.19 bits per heavy atom. The van der Waals surface area contributed by atoms with Crippen LogP contribution in [0.2, 0.25) is 0 Å². The van der Waals surface area contributed by atoms with Crippen molar-refractivity contribution in [3.63, 3.8) is 0 Å². The number of amides is 1. The Hall–Kier alpha value is -1.62. The van der Waals surface area contributed by atoms with Crippen molar-refractivity contribution in [1.29, 1.82) is 0 Å². The third kappa shape index (κ3) is 3.86. The molecule has 0 saturated heterocycles. The monoisotopic (exact) mass is 237 g/mol. The topological polar surface area (TPSA) is 53.2 Å². The Kier molecular flexibility index (Phi) is 4.25. The van der Waals surface area contributed by atoms with Crippen molar-refractivity contribution in [3.05, 3.63) is 29.3 Å². The molecule has 16 heavy (non-hydrogen) atoms. The molecule has 0 atom stereocenters. The van der Waals surface area contributed by atoms with Crippen molar-refractivity contribution in [3.8, 4) is 0 Å². The molecule has 4 nitrogen and oxygen atoms in total. The van der Waals surface area contributed by atoms with Crippen molar-refractivity contribution >= 4 is 28.9 Å². The average Bonchev–Trinajstić information content (AvgIpc) is 2.21. The molecule has 0 aliphatic heterocycles. The van der Waals surface area contributed by atoms with E-state index in [4.69, 9.17) is 12.2 Å². The SMILES string of the molecule is CC(=O)NNC(=S)Nc1ccc(C)c(C)c1. The highest BCUT2D eigenvalue weighted by atomic mass is 32.1. The Morgan fingerprint density at radius 2 is 1.88 bits per heavy atom. The lowest BCUT2D eigenvalue weighted by atomic mass is 10.1. The maximum absolute atomic E-state index is 10.6. The lowest BCUT2D eigenvalue weighted by Crippen LogP contribution is -2.42. The van der Waals surface area contributed by atoms with Gasteiger partial charge in [-0.05, 0) is 49.3 Å². The largest absolute Gasteiger partial charge is 0.331 e. The summed E-state index contributed by atoms with van der Waals surface area (Å²) < 4.78 is 0. The number of thiocarbonyl (C=S) groups is 1. The van der Waals surface area contributed by atoms with Gasteiger partial charge in [-0.3, -0.25) is 15.6 Å². The van der Waals surface area contributed by atoms with Gasteiger partial charge in [-0.2, -0.15) is 0 Å². The predicted octanol–water partition coefficient (Wildman–Crippen LogP) is 1.64. The molecule has 1 rings (SSSR count). The molecule has 0 fully saturated rings. The summed E-state index contributed by atoms with van der Waals surface area (Å²) in [5.74, 6) is -0.191. The highest BCUT2D eigenvalue weighted by molar-refractivity contribution is 7.80. The summed E-state index contributed by atoms with van der Waals surface area (Å²) in [7, 11) is 0. The molecule has 0 aromatic heterocycles. The normalized spacial score (nSPS) is 9.44. The van der Waals surface area contributed by atoms with Gasteiger partial charge < -0.3 is 5.32 Å². The first-order valence-electron chi connectivity index (χ1n) is 4.90. The summed E-state index contributed by atoms with van der Waals surface area (Å²) in [5, 5.41) is 3.33. The van der Waals surface area contributed by atoms with Crippen LogP contribution in [0.25, 0.3) is 0 Å². The maximum Gasteiger partial charge on any atom is 0.235 e. The van der Waals surface area contributed by atoms with Crippen molar-refractivity contribution < 1.29 is 4.79 Å². The Bertz CT molecular complexity index is 418. The summed E-state index contributed by atoms with van der Waals surface area (Å²) in [5.41, 5.74) is 8.29. The van der Waals surface area contributed by atoms with Crippen LogP contribution in [0, 0.1) is 13.8 Å². The molecule has 0 radical (unpaired) electrons. The number of hydrazine groups is 1. The Morgan fingerprint density at radius 3 is 2.44 bits per heavy atom. The van der Waals surface area contributed by atoms with Crippen LogP contribution in [-0.2, 0) is 4.79 Å². The molecule has 5 heteroatoms. The second kappa shape index (κ2) is 5.46. The fourth-order valence-corrected chi connectivity index (χ4v) is 1.30. The molecule has 0 aliphatic rings. The van der Waals surface area contributed by atoms with Crippen LogP contribution in [0.1, 0.15) is 18.1 Å². The van der Waals surface area contributed by atoms with E-state index in [9.17, 15) is 4.79 Å². The lowest BCUT2D eigenvalue weighted by molar-refractivity contribution is -0.119. The van der Waals surface area contributed by atoms with Crippen molar-refractivity contribution in [2.24, 2.45) is 0 Å². The summed E-state index contributed by atoms with van der Waals surface area (Å²) in [6.45, 7) is 5.49. The van der Waals surface area contributed by atoms with Crippen LogP contribution >= 0.6 is 12.2 Å². The minimum Gasteiger partial charge on any atom is -0.331 e. The van der Waals surface area contributed by atoms with Crippen LogP contribution < -0.4 is 16.2 Å². The van der Waals surface area contributed by atoms with E-state index in [0.717, 1.165) is 5.69 Å². The standard InChI is InChI=1S/C11H15N3OS/c1-7-4-5-10(6-8(7)2)12-11(16)14-13-9(3)15/h4-6H,1-3H3,(H,13,15)(H2,12,14,16). The maximum atomic E-state index is 10.6. The van der Waals surface area contributed by atoms with Gasteiger partial charge in [0.15, 0.2) is 5.11 Å². The fraction of sp³-hybridized carbons (Fsp3) is 0.273. The van der Waals surface area contributed by atoms with E-state index in [1.54, 1.807) is 0 Å². The van der Waals surface area contributed by atoms with Crippen LogP contribution in [0.4, 0.5) is 5.69 Å². The van der Waals surface area contributed by atoms with Crippen LogP contribution in [0.5, 0.6) is 0 Å². The van der Waals surface area contributed by atoms with E-state index in [2.05, 4.69) is 16.2 Å². The second-order valence-electron chi connectivity index (χ2n) is 3.56. The van der Waals surface area contributed by atoms with Gasteiger partial charge in [0.2, 0.25) is 5.91 Å². The molecule has 1 aromatic carbocycles. The zero-order chi connectivity index (χ0) is 12.1. The van der Waals surface area contributed by atoms with Crippen molar-refractivity contribution in [2.45, 2.75) is 20.8 Å². The highest BCUT2D eigenvalue weighted by Crippen LogP contribution is 2.13. The molecule has 0 unspecified atom stereocenters. The first-order valence-corrected chi connectivity index (χ1v) is 5.30. The van der Waals surface area contributed by atoms with Gasteiger partial charge in [0.05, 0.1) is 0 Å². The second-order valence-corrected chi connectivity index (χ2v) is 3.97. The first kappa shape index (κ1) is 12.4. The van der Waals surface area contributed by atoms with Crippen molar-refractivity contribution in [1.82, 2.24) is 10.9 Å². The van der Waals surface area contributed by atoms with Gasteiger partial charge in [0.1, 0.15) is 0 Å². The smallest absolute Gasteiger partial charge is 0.235 e. The molecule has 1 amide bonds. The van der Waals surface area contributed by atoms with Gasteiger partial charge in [0.25, 0.3) is 0 Å². The molecule has 0 saturated carbocycles. The van der Waals surface area contributed by atoms with E-state index in [1.807, 2.05) is 32.0 Å². The summed E-state index contributed by atoms with van der Waals surface area (Å²) in [6, 6.07) is 5.94. The molecule has 86 valence electrons. The molecule has 0 aliphatic carbocycles. The molecule has 0 spiro atoms. The quantitative estimate of drug-likeness (QED) is 0.513. The Labute approximate surface area is 100 Å². The summed E-state index contributed by atoms with van der Waals surface area (Å²) >= 11 is 4.99. The molecule has 1 aromatic rings. The highest BCUT2D eigenvalue weighted by Gasteiger charge is 1.99. The number of carbonyl (C=O) groups is 1. The van der Waals surface area contributed by atoms with E-state index >= 15 is 0 Å². The summed E-state index contributed by atoms with van der Waals surface area (Å²) in [4.78, 5) is 10.6. The molecular weight excluding hydrogens is 222 g/mol. The molecular formula is C11H15N3OS. The number of rotatable bonds is 1. The van der Waals surface area contributed by atoms with Gasteiger partial charge >= 0.3 is 0 Å². The third-order valence-electron chi connectivity index (χ3n) is 2.12. The number of aryl methyl sites for hydroxylation is 2. The van der Waals surface area contributed by atoms with Crippen LogP contribution in [0.15, 0.2) is 18.2 Å². The molecule has 0 heterocycles. The minimum atomic E-state index is -0.191. The number of anilines is 1. The van der Waals surface area contributed by atoms with E-state index in [-0.39, 0.29) is 5.91 Å². The summed E-state index contributed by atoms with van der Waals surface area (Å²) in [6.07, 6.45) is 0. The van der Waals surface area contributed by atoms with E-state index < -0.39 is 0 Å². The zero-order valence-electron chi connectivity index (χ0n) is 9.55. The first-order chi connectivity index (χ1) is 7.49. The number of hydrogen-bond acceptors (Lipinski definition) is 2. The number of nitrogens with one attached hydrogen (secondary N) is 3.